The molecule has 0 aliphatic heterocycles. The summed E-state index contributed by atoms with van der Waals surface area (Å²) in [6.45, 7) is -11.5. The normalized spacial score (nSPS) is 14.9. The molecule has 0 saturated carbocycles. The molecule has 0 amide bonds. The van der Waals surface area contributed by atoms with Crippen molar-refractivity contribution in [2.45, 2.75) is 82.5 Å². The fraction of sp³-hybridized carbons (Fsp3) is 0.200. The van der Waals surface area contributed by atoms with E-state index in [1.807, 2.05) is 12.1 Å². The summed E-state index contributed by atoms with van der Waals surface area (Å²) >= 11 is 2.53. The molecule has 8 heterocycles. The molecule has 12 rings (SSSR count). The molecule has 0 unspecified atom stereocenters. The van der Waals surface area contributed by atoms with E-state index in [1.165, 1.54) is 78.5 Å². The minimum Gasteiger partial charge on any atom is -0.748 e. The van der Waals surface area contributed by atoms with E-state index in [0.717, 1.165) is 52.9 Å². The summed E-state index contributed by atoms with van der Waals surface area (Å²) in [6.07, 6.45) is 5.04. The van der Waals surface area contributed by atoms with Gasteiger partial charge in [-0.1, -0.05) is 96.6 Å². The van der Waals surface area contributed by atoms with Gasteiger partial charge in [0, 0.05) is 187 Å². The van der Waals surface area contributed by atoms with Crippen LogP contribution >= 0.6 is 22.7 Å². The van der Waals surface area contributed by atoms with Crippen LogP contribution in [0.5, 0.6) is 0 Å². The Balaban J connectivity index is 0.000000519. The van der Waals surface area contributed by atoms with E-state index in [-0.39, 0.29) is 114 Å². The van der Waals surface area contributed by atoms with Gasteiger partial charge in [0.15, 0.2) is 0 Å². The van der Waals surface area contributed by atoms with E-state index < -0.39 is 77.4 Å². The van der Waals surface area contributed by atoms with Crippen molar-refractivity contribution >= 4 is 110 Å². The summed E-state index contributed by atoms with van der Waals surface area (Å²) in [5.74, 6) is 15.5. The van der Waals surface area contributed by atoms with Gasteiger partial charge < -0.3 is 29.7 Å². The molecule has 0 saturated heterocycles. The number of pyridine rings is 6. The van der Waals surface area contributed by atoms with Gasteiger partial charge in [-0.15, -0.1) is 106 Å². The van der Waals surface area contributed by atoms with Gasteiger partial charge in [0.05, 0.1) is 21.3 Å². The zero-order valence-electron chi connectivity index (χ0n) is 80.2. The molecule has 0 aliphatic rings. The predicted octanol–water partition coefficient (Wildman–Crippen LogP) is 14.5. The van der Waals surface area contributed by atoms with Crippen LogP contribution in [0.1, 0.15) is 108 Å². The van der Waals surface area contributed by atoms with E-state index in [0.29, 0.717) is 65.4 Å². The third-order valence-corrected chi connectivity index (χ3v) is 13.8. The summed E-state index contributed by atoms with van der Waals surface area (Å²) in [5.41, 5.74) is 5.32. The van der Waals surface area contributed by atoms with Gasteiger partial charge in [-0.2, -0.15) is 11.3 Å². The van der Waals surface area contributed by atoms with Gasteiger partial charge >= 0.3 is 0 Å². The second-order valence-electron chi connectivity index (χ2n) is 18.3. The van der Waals surface area contributed by atoms with Crippen LogP contribution in [0.3, 0.4) is 0 Å². The summed E-state index contributed by atoms with van der Waals surface area (Å²) in [7, 11) is 13.9. The van der Waals surface area contributed by atoms with Gasteiger partial charge in [-0.05, 0) is 166 Å². The van der Waals surface area contributed by atoms with Gasteiger partial charge in [0.25, 0.3) is 0 Å². The first-order valence-electron chi connectivity index (χ1n) is 41.0. The molecule has 9 radical (unpaired) electrons. The molecule has 12 aromatic rings. The van der Waals surface area contributed by atoms with Crippen molar-refractivity contribution in [3.05, 3.63) is 226 Å². The zero-order chi connectivity index (χ0) is 93.0. The molecule has 21 heteroatoms. The first-order valence-corrected chi connectivity index (χ1v) is 30.5. The summed E-state index contributed by atoms with van der Waals surface area (Å²) in [4.78, 5) is 26.2. The van der Waals surface area contributed by atoms with Gasteiger partial charge in [0.1, 0.15) is 9.66 Å². The number of hydrogen-bond donors (Lipinski definition) is 2. The number of benzene rings is 4. The number of hydrogen-bond acceptors (Lipinski definition) is 13. The SMILES string of the molecule is CC#CC#CC#CC.CO.CO.CS(=O)(=O)[O-].[2H]C([2H])([2H])c1c[c-]c(-c2cc(C)c(C([2H])([2H])[2H])cn2)cc1.[2H]C([2H])([2H])c1c[c-]c(-c2cc(C)c(C([2H])([2H])[2H])cn2)cc1.[2H]c1c(C([2H])([2H])[2H])cnc(-c2[c-]ccc3c2sc2nc(C([2H])([2H])[2H])ccc23)c1[2H].[2H]c1c(C([2H])([2H])[2H])cnc(-c2cccc3c2sc2nc(C([2H])([2H])[2H])ccc23)c1[2H].[B][B]B([B])[B].[Ir].[Ir]. The fourth-order valence-electron chi connectivity index (χ4n) is 7.33. The number of nitrogens with zero attached hydrogens (tertiary/aromatic N) is 6. The van der Waals surface area contributed by atoms with Crippen LogP contribution in [-0.2, 0) is 50.3 Å². The molecule has 0 fully saturated rings. The Hall–Kier alpha value is -7.65. The Morgan fingerprint density at radius 2 is 1.00 bits per heavy atom. The molecule has 4 aromatic carbocycles. The standard InChI is InChI=1S/C18H14N2S.C18H13N2S.2C14H14N.C8H6.CH4O3S.2CH4O.B5.2Ir/c2*1-11-6-9-16(19-10-11)15-5-3-4-13-14-8-7-12(2)20-18(14)21-17(13)15;2*1-10-4-6-13(7-5-10)14-8-11(2)12(3)9-15-14;1-3-5-7-8-6-4-2;1-5(2,3)4;2*1-2;1-4-5(2)3;;/h3-10H,1-2H3;3-4,6-10H,1-2H3;2*4-6,8-9H,1-3H3;1-2H3;1H3,(H,2,3,4);2*2H,1H3;;;/q;3*-1;;;;;;;/p-1/i2*1D3,2D3,6D,9D;2*1D3,3D3;;;;;;;. The van der Waals surface area contributed by atoms with Crippen molar-refractivity contribution in [3.63, 3.8) is 0 Å². The second-order valence-corrected chi connectivity index (χ2v) is 21.8. The number of aliphatic hydroxyl groups is 2. The molecule has 0 atom stereocenters. The van der Waals surface area contributed by atoms with Crippen molar-refractivity contribution < 1.29 is 102 Å². The van der Waals surface area contributed by atoms with Gasteiger partial charge in [0.2, 0.25) is 0 Å². The molecular formula is C75H72B5Ir2N6O5S3-4. The zero-order valence-corrected chi connectivity index (χ0v) is 59.4. The molecule has 0 aliphatic carbocycles. The fourth-order valence-corrected chi connectivity index (χ4v) is 9.69. The maximum Gasteiger partial charge on any atom is 0.124 e. The third-order valence-electron chi connectivity index (χ3n) is 11.5. The number of rotatable bonds is 5. The van der Waals surface area contributed by atoms with Crippen LogP contribution in [0.25, 0.3) is 85.6 Å². The average molecular weight is 1700 g/mol. The molecule has 2 N–H and O–H groups in total. The predicted molar refractivity (Wildman–Crippen MR) is 399 cm³/mol. The number of thiophene rings is 2. The topological polar surface area (TPSA) is 175 Å². The van der Waals surface area contributed by atoms with Gasteiger partial charge in [-0.25, -0.2) is 18.4 Å². The molecule has 487 valence electrons. The minimum absolute atomic E-state index is 0. The quantitative estimate of drug-likeness (QED) is 0.0726. The number of fused-ring (bicyclic) bond motifs is 6. The number of aliphatic hydroxyl groups excluding tert-OH is 2. The van der Waals surface area contributed by atoms with Crippen LogP contribution in [0.15, 0.2) is 152 Å². The van der Waals surface area contributed by atoms with Crippen LogP contribution in [0.4, 0.5) is 0 Å². The number of aryl methyl sites for hydroxylation is 10. The van der Waals surface area contributed by atoms with E-state index in [4.69, 9.17) is 84.8 Å². The Labute approximate surface area is 648 Å². The van der Waals surface area contributed by atoms with Crippen LogP contribution in [-0.4, -0.2) is 110 Å². The Bertz CT molecular complexity index is 5600. The molecule has 96 heavy (non-hydrogen) atoms. The monoisotopic (exact) mass is 1700 g/mol. The largest absolute Gasteiger partial charge is 0.748 e. The van der Waals surface area contributed by atoms with E-state index >= 15 is 0 Å². The third kappa shape index (κ3) is 27.5. The van der Waals surface area contributed by atoms with Crippen molar-refractivity contribution in [1.82, 2.24) is 29.9 Å². The maximum atomic E-state index is 9.08. The first-order chi connectivity index (χ1) is 56.3. The Morgan fingerprint density at radius 3 is 1.42 bits per heavy atom. The van der Waals surface area contributed by atoms with E-state index in [9.17, 15) is 0 Å². The van der Waals surface area contributed by atoms with Crippen LogP contribution < -0.4 is 0 Å². The number of aromatic nitrogens is 6. The average Bonchev–Trinajstić information content (AvgIpc) is 1.56. The van der Waals surface area contributed by atoms with E-state index in [2.05, 4.69) is 83.6 Å². The van der Waals surface area contributed by atoms with Gasteiger partial charge in [-0.3, -0.25) is 4.98 Å². The molecule has 11 nitrogen and oxygen atoms in total. The first kappa shape index (κ1) is 49.0. The molecule has 0 bridgehead atoms. The van der Waals surface area contributed by atoms with Crippen molar-refractivity contribution in [2.75, 3.05) is 20.5 Å². The second kappa shape index (κ2) is 43.5. The van der Waals surface area contributed by atoms with Crippen molar-refractivity contribution in [1.29, 1.82) is 0 Å². The maximum absolute atomic E-state index is 9.08. The van der Waals surface area contributed by atoms with Crippen LogP contribution in [0.2, 0.25) is 0 Å². The summed E-state index contributed by atoms with van der Waals surface area (Å²) in [5, 5.41) is 17.2. The Kier molecular flexibility index (Phi) is 22.2. The molecule has 0 spiro atoms. The smallest absolute Gasteiger partial charge is 0.124 e. The van der Waals surface area contributed by atoms with E-state index in [1.54, 1.807) is 82.3 Å². The van der Waals surface area contributed by atoms with Crippen molar-refractivity contribution in [3.8, 4) is 80.6 Å². The summed E-state index contributed by atoms with van der Waals surface area (Å²) in [6, 6.07) is 35.1. The minimum atomic E-state index is -3.92. The summed E-state index contributed by atoms with van der Waals surface area (Å²) < 4.78 is 240. The Morgan fingerprint density at radius 1 is 0.552 bits per heavy atom. The molecular weight excluding hydrogens is 1600 g/mol. The molecule has 8 aromatic heterocycles. The van der Waals surface area contributed by atoms with Crippen molar-refractivity contribution in [2.24, 2.45) is 0 Å². The van der Waals surface area contributed by atoms with Crippen LogP contribution in [0, 0.1) is 122 Å².